The second-order valence-electron chi connectivity index (χ2n) is 4.58. The van der Waals surface area contributed by atoms with Gasteiger partial charge < -0.3 is 10.3 Å². The third-order valence-corrected chi connectivity index (χ3v) is 3.32. The molecule has 0 aliphatic heterocycles. The van der Waals surface area contributed by atoms with Crippen LogP contribution in [0, 0.1) is 5.82 Å². The summed E-state index contributed by atoms with van der Waals surface area (Å²) in [4.78, 5) is 7.42. The van der Waals surface area contributed by atoms with E-state index in [0.717, 1.165) is 11.3 Å². The molecule has 0 saturated carbocycles. The summed E-state index contributed by atoms with van der Waals surface area (Å²) in [7, 11) is 0. The van der Waals surface area contributed by atoms with Gasteiger partial charge in [0.2, 0.25) is 5.95 Å². The molecular weight excluding hydrogens is 277 g/mol. The van der Waals surface area contributed by atoms with E-state index in [1.165, 1.54) is 12.1 Å². The van der Waals surface area contributed by atoms with Crippen LogP contribution in [-0.2, 0) is 0 Å². The molecule has 1 unspecified atom stereocenters. The van der Waals surface area contributed by atoms with Gasteiger partial charge in [-0.25, -0.2) is 9.37 Å². The van der Waals surface area contributed by atoms with Crippen LogP contribution in [0.25, 0.3) is 11.0 Å². The summed E-state index contributed by atoms with van der Waals surface area (Å²) in [5, 5.41) is 3.08. The van der Waals surface area contributed by atoms with Crippen molar-refractivity contribution in [3.05, 3.63) is 53.8 Å². The molecule has 0 bridgehead atoms. The number of hydrogen-bond acceptors (Lipinski definition) is 2. The number of para-hydroxylation sites is 1. The number of fused-ring (bicyclic) bond motifs is 1. The van der Waals surface area contributed by atoms with Gasteiger partial charge in [-0.15, -0.1) is 11.6 Å². The lowest BCUT2D eigenvalue weighted by atomic mass is 10.1. The molecule has 3 aromatic rings. The first kappa shape index (κ1) is 12.9. The Labute approximate surface area is 120 Å². The number of rotatable bonds is 3. The monoisotopic (exact) mass is 289 g/mol. The molecule has 0 radical (unpaired) electrons. The van der Waals surface area contributed by atoms with Crippen LogP contribution in [0.1, 0.15) is 17.9 Å². The van der Waals surface area contributed by atoms with Crippen molar-refractivity contribution in [1.82, 2.24) is 9.97 Å². The van der Waals surface area contributed by atoms with E-state index in [1.54, 1.807) is 6.07 Å². The van der Waals surface area contributed by atoms with Gasteiger partial charge in [0.05, 0.1) is 16.4 Å². The van der Waals surface area contributed by atoms with E-state index >= 15 is 0 Å². The standard InChI is InChI=1S/C15H13ClFN3/c1-9(16)11-4-2-3-5-12(11)18-15-19-13-7-6-10(17)8-14(13)20-15/h2-9H,1H3,(H2,18,19,20). The van der Waals surface area contributed by atoms with Gasteiger partial charge in [-0.3, -0.25) is 0 Å². The van der Waals surface area contributed by atoms with Crippen molar-refractivity contribution >= 4 is 34.3 Å². The Morgan fingerprint density at radius 2 is 2.05 bits per heavy atom. The van der Waals surface area contributed by atoms with Gasteiger partial charge in [-0.1, -0.05) is 18.2 Å². The summed E-state index contributed by atoms with van der Waals surface area (Å²) >= 11 is 6.15. The summed E-state index contributed by atoms with van der Waals surface area (Å²) in [6, 6.07) is 12.2. The molecule has 0 aliphatic rings. The fourth-order valence-corrected chi connectivity index (χ4v) is 2.32. The summed E-state index contributed by atoms with van der Waals surface area (Å²) < 4.78 is 13.2. The van der Waals surface area contributed by atoms with Crippen LogP contribution in [0.5, 0.6) is 0 Å². The zero-order valence-corrected chi connectivity index (χ0v) is 11.6. The summed E-state index contributed by atoms with van der Waals surface area (Å²) in [5.41, 5.74) is 3.24. The predicted molar refractivity (Wildman–Crippen MR) is 80.0 cm³/mol. The molecule has 2 N–H and O–H groups in total. The lowest BCUT2D eigenvalue weighted by Crippen LogP contribution is -1.97. The van der Waals surface area contributed by atoms with Crippen LogP contribution in [0.2, 0.25) is 0 Å². The van der Waals surface area contributed by atoms with Crippen LogP contribution in [0.3, 0.4) is 0 Å². The molecule has 3 rings (SSSR count). The Morgan fingerprint density at radius 3 is 2.85 bits per heavy atom. The van der Waals surface area contributed by atoms with E-state index in [9.17, 15) is 4.39 Å². The zero-order valence-electron chi connectivity index (χ0n) is 10.8. The number of alkyl halides is 1. The van der Waals surface area contributed by atoms with E-state index in [0.29, 0.717) is 17.0 Å². The Hall–Kier alpha value is -2.07. The zero-order chi connectivity index (χ0) is 14.1. The van der Waals surface area contributed by atoms with Gasteiger partial charge in [-0.2, -0.15) is 0 Å². The number of halogens is 2. The van der Waals surface area contributed by atoms with Crippen LogP contribution in [-0.4, -0.2) is 9.97 Å². The summed E-state index contributed by atoms with van der Waals surface area (Å²) in [6.07, 6.45) is 0. The van der Waals surface area contributed by atoms with Crippen molar-refractivity contribution < 1.29 is 4.39 Å². The minimum atomic E-state index is -0.289. The maximum Gasteiger partial charge on any atom is 0.205 e. The first-order valence-corrected chi connectivity index (χ1v) is 6.72. The fourth-order valence-electron chi connectivity index (χ4n) is 2.13. The summed E-state index contributed by atoms with van der Waals surface area (Å²) in [5.74, 6) is 0.276. The Kier molecular flexibility index (Phi) is 3.32. The van der Waals surface area contributed by atoms with Crippen molar-refractivity contribution in [2.75, 3.05) is 5.32 Å². The average molecular weight is 290 g/mol. The molecule has 0 aliphatic carbocycles. The van der Waals surface area contributed by atoms with Gasteiger partial charge in [-0.05, 0) is 36.8 Å². The van der Waals surface area contributed by atoms with Crippen molar-refractivity contribution in [3.63, 3.8) is 0 Å². The molecule has 1 heterocycles. The Bertz CT molecular complexity index is 752. The van der Waals surface area contributed by atoms with Gasteiger partial charge >= 0.3 is 0 Å². The minimum absolute atomic E-state index is 0.111. The molecule has 3 nitrogen and oxygen atoms in total. The molecule has 5 heteroatoms. The molecule has 2 aromatic carbocycles. The first-order valence-electron chi connectivity index (χ1n) is 6.29. The molecule has 0 amide bonds. The van der Waals surface area contributed by atoms with Crippen LogP contribution < -0.4 is 5.32 Å². The number of nitrogens with zero attached hydrogens (tertiary/aromatic N) is 1. The highest BCUT2D eigenvalue weighted by atomic mass is 35.5. The maximum absolute atomic E-state index is 13.2. The summed E-state index contributed by atoms with van der Waals surface area (Å²) in [6.45, 7) is 1.91. The highest BCUT2D eigenvalue weighted by Crippen LogP contribution is 2.29. The van der Waals surface area contributed by atoms with E-state index in [1.807, 2.05) is 31.2 Å². The molecular formula is C15H13ClFN3. The van der Waals surface area contributed by atoms with Gasteiger partial charge in [0.25, 0.3) is 0 Å². The van der Waals surface area contributed by atoms with Crippen molar-refractivity contribution in [2.45, 2.75) is 12.3 Å². The SMILES string of the molecule is CC(Cl)c1ccccc1Nc1nc2ccc(F)cc2[nH]1. The average Bonchev–Trinajstić information content (AvgIpc) is 2.80. The van der Waals surface area contributed by atoms with E-state index in [2.05, 4.69) is 15.3 Å². The quantitative estimate of drug-likeness (QED) is 0.683. The highest BCUT2D eigenvalue weighted by Gasteiger charge is 2.09. The third kappa shape index (κ3) is 2.47. The Balaban J connectivity index is 1.97. The number of anilines is 2. The highest BCUT2D eigenvalue weighted by molar-refractivity contribution is 6.21. The second kappa shape index (κ2) is 5.13. The number of aromatic amines is 1. The molecule has 0 fully saturated rings. The van der Waals surface area contributed by atoms with Crippen LogP contribution in [0.4, 0.5) is 16.0 Å². The number of aromatic nitrogens is 2. The topological polar surface area (TPSA) is 40.7 Å². The number of H-pyrrole nitrogens is 1. The molecule has 0 saturated heterocycles. The first-order chi connectivity index (χ1) is 9.63. The smallest absolute Gasteiger partial charge is 0.205 e. The Morgan fingerprint density at radius 1 is 1.25 bits per heavy atom. The number of nitrogens with one attached hydrogen (secondary N) is 2. The number of imidazole rings is 1. The molecule has 102 valence electrons. The van der Waals surface area contributed by atoms with E-state index in [-0.39, 0.29) is 11.2 Å². The lowest BCUT2D eigenvalue weighted by molar-refractivity contribution is 0.629. The van der Waals surface area contributed by atoms with Crippen molar-refractivity contribution in [1.29, 1.82) is 0 Å². The van der Waals surface area contributed by atoms with E-state index < -0.39 is 0 Å². The van der Waals surface area contributed by atoms with Crippen LogP contribution in [0.15, 0.2) is 42.5 Å². The minimum Gasteiger partial charge on any atom is -0.325 e. The van der Waals surface area contributed by atoms with Gasteiger partial charge in [0, 0.05) is 5.69 Å². The maximum atomic E-state index is 13.2. The van der Waals surface area contributed by atoms with E-state index in [4.69, 9.17) is 11.6 Å². The van der Waals surface area contributed by atoms with Crippen LogP contribution >= 0.6 is 11.6 Å². The lowest BCUT2D eigenvalue weighted by Gasteiger charge is -2.11. The normalized spacial score (nSPS) is 12.6. The van der Waals surface area contributed by atoms with Crippen molar-refractivity contribution in [3.8, 4) is 0 Å². The number of benzene rings is 2. The molecule has 1 atom stereocenters. The largest absolute Gasteiger partial charge is 0.325 e. The van der Waals surface area contributed by atoms with Gasteiger partial charge in [0.15, 0.2) is 0 Å². The van der Waals surface area contributed by atoms with Gasteiger partial charge in [0.1, 0.15) is 5.82 Å². The predicted octanol–water partition coefficient (Wildman–Crippen LogP) is 4.75. The second-order valence-corrected chi connectivity index (χ2v) is 5.23. The molecule has 20 heavy (non-hydrogen) atoms. The molecule has 1 aromatic heterocycles. The number of hydrogen-bond donors (Lipinski definition) is 2. The van der Waals surface area contributed by atoms with Crippen molar-refractivity contribution in [2.24, 2.45) is 0 Å². The fraction of sp³-hybridized carbons (Fsp3) is 0.133. The third-order valence-electron chi connectivity index (χ3n) is 3.09. The molecule has 0 spiro atoms.